The van der Waals surface area contributed by atoms with Crippen LogP contribution in [0.15, 0.2) is 17.3 Å². The van der Waals surface area contributed by atoms with Crippen molar-refractivity contribution in [2.45, 2.75) is 35.8 Å². The molecule has 0 saturated carbocycles. The molecule has 1 aromatic carbocycles. The molecule has 1 saturated heterocycles. The van der Waals surface area contributed by atoms with E-state index in [9.17, 15) is 28.8 Å². The molecule has 0 unspecified atom stereocenters. The first-order valence-electron chi connectivity index (χ1n) is 8.47. The quantitative estimate of drug-likeness (QED) is 0.114. The lowest BCUT2D eigenvalue weighted by Gasteiger charge is -2.47. The number of hydrogen-bond donors (Lipinski definition) is 6. The second-order valence-electron chi connectivity index (χ2n) is 6.29. The molecule has 0 amide bonds. The van der Waals surface area contributed by atoms with E-state index in [1.165, 1.54) is 26.4 Å². The molecular formula is C16H23NO11S2. The number of methoxy groups -OCH3 is 2. The molecule has 0 spiro atoms. The zero-order valence-corrected chi connectivity index (χ0v) is 17.7. The topological polar surface area (TPSA) is 185 Å². The summed E-state index contributed by atoms with van der Waals surface area (Å²) in [7, 11) is -2.12. The summed E-state index contributed by atoms with van der Waals surface area (Å²) in [5.41, 5.74) is 0.396. The van der Waals surface area contributed by atoms with Crippen LogP contribution in [0.4, 0.5) is 0 Å². The van der Waals surface area contributed by atoms with Crippen LogP contribution in [-0.2, 0) is 30.8 Å². The van der Waals surface area contributed by atoms with Gasteiger partial charge in [-0.25, -0.2) is 4.28 Å². The molecule has 1 aromatic rings. The van der Waals surface area contributed by atoms with E-state index in [-0.39, 0.29) is 23.5 Å². The Morgan fingerprint density at radius 1 is 1.23 bits per heavy atom. The summed E-state index contributed by atoms with van der Waals surface area (Å²) in [6, 6.07) is 3.02. The van der Waals surface area contributed by atoms with Gasteiger partial charge < -0.3 is 34.6 Å². The predicted molar refractivity (Wildman–Crippen MR) is 105 cm³/mol. The minimum Gasteiger partial charge on any atom is -0.493 e. The van der Waals surface area contributed by atoms with Crippen molar-refractivity contribution < 1.29 is 51.9 Å². The van der Waals surface area contributed by atoms with Gasteiger partial charge in [-0.1, -0.05) is 11.2 Å². The van der Waals surface area contributed by atoms with Gasteiger partial charge in [-0.15, -0.1) is 12.6 Å². The van der Waals surface area contributed by atoms with Crippen LogP contribution in [0, 0.1) is 0 Å². The Morgan fingerprint density at radius 2 is 1.90 bits per heavy atom. The summed E-state index contributed by atoms with van der Waals surface area (Å²) in [6.45, 7) is -0.682. The highest BCUT2D eigenvalue weighted by atomic mass is 32.3. The molecule has 5 N–H and O–H groups in total. The lowest BCUT2D eigenvalue weighted by molar-refractivity contribution is -0.245. The summed E-state index contributed by atoms with van der Waals surface area (Å²) in [6.07, 6.45) is -5.50. The number of aliphatic hydroxyl groups excluding tert-OH is 4. The van der Waals surface area contributed by atoms with Crippen molar-refractivity contribution in [3.05, 3.63) is 23.3 Å². The Kier molecular flexibility index (Phi) is 7.92. The van der Waals surface area contributed by atoms with Gasteiger partial charge in [0.25, 0.3) is 0 Å². The van der Waals surface area contributed by atoms with Crippen LogP contribution in [0.5, 0.6) is 11.5 Å². The molecule has 14 heteroatoms. The molecule has 30 heavy (non-hydrogen) atoms. The lowest BCUT2D eigenvalue weighted by atomic mass is 9.87. The SMILES string of the molecule is COc1ccc(C/C=N/OS(=O)(=O)O)c([C@@]2(S)O[C@H](CO)[C@H](O)[C@H](O)[C@H]2O)c1OC. The fourth-order valence-corrected chi connectivity index (χ4v) is 3.81. The third-order valence-corrected chi connectivity index (χ3v) is 5.35. The van der Waals surface area contributed by atoms with Gasteiger partial charge in [0.15, 0.2) is 16.4 Å². The van der Waals surface area contributed by atoms with Crippen LogP contribution in [0.1, 0.15) is 11.1 Å². The maximum Gasteiger partial charge on any atom is 0.466 e. The fourth-order valence-electron chi connectivity index (χ4n) is 3.11. The first-order valence-corrected chi connectivity index (χ1v) is 10.3. The highest BCUT2D eigenvalue weighted by Gasteiger charge is 2.54. The number of aliphatic hydroxyl groups is 4. The minimum absolute atomic E-state index is 0.0634. The molecule has 1 aliphatic heterocycles. The van der Waals surface area contributed by atoms with E-state index < -0.39 is 46.4 Å². The first kappa shape index (κ1) is 24.6. The molecule has 1 fully saturated rings. The summed E-state index contributed by atoms with van der Waals surface area (Å²) >= 11 is 4.42. The normalized spacial score (nSPS) is 29.7. The third kappa shape index (κ3) is 4.97. The van der Waals surface area contributed by atoms with E-state index >= 15 is 0 Å². The zero-order chi connectivity index (χ0) is 22.7. The lowest BCUT2D eigenvalue weighted by Crippen LogP contribution is -2.61. The number of nitrogens with zero attached hydrogens (tertiary/aromatic N) is 1. The van der Waals surface area contributed by atoms with Crippen molar-refractivity contribution in [1.29, 1.82) is 0 Å². The van der Waals surface area contributed by atoms with Gasteiger partial charge in [-0.2, -0.15) is 8.42 Å². The highest BCUT2D eigenvalue weighted by molar-refractivity contribution is 7.81. The van der Waals surface area contributed by atoms with E-state index in [0.717, 1.165) is 6.21 Å². The summed E-state index contributed by atoms with van der Waals surface area (Å²) in [5, 5.41) is 43.6. The van der Waals surface area contributed by atoms with Crippen LogP contribution in [0.2, 0.25) is 0 Å². The number of hydrogen-bond acceptors (Lipinski definition) is 12. The van der Waals surface area contributed by atoms with Gasteiger partial charge >= 0.3 is 10.4 Å². The number of thiol groups is 1. The van der Waals surface area contributed by atoms with Gasteiger partial charge in [0.1, 0.15) is 24.4 Å². The van der Waals surface area contributed by atoms with E-state index in [2.05, 4.69) is 22.1 Å². The number of rotatable bonds is 8. The summed E-state index contributed by atoms with van der Waals surface area (Å²) < 4.78 is 50.0. The second kappa shape index (κ2) is 9.65. The van der Waals surface area contributed by atoms with Crippen molar-refractivity contribution in [2.75, 3.05) is 20.8 Å². The molecule has 12 nitrogen and oxygen atoms in total. The number of oxime groups is 1. The standard InChI is InChI=1S/C16H23NO11S2/c1-25-9-4-3-8(5-6-17-28-30(22,23)24)11(14(9)26-2)16(29)15(21)13(20)12(19)10(7-18)27-16/h3-4,6,10,12-13,15,18-21,29H,5,7H2,1-2H3,(H,22,23,24)/b17-6+/t10-,12+,13+,15-,16+/m1/s1. The Balaban J connectivity index is 2.59. The highest BCUT2D eigenvalue weighted by Crippen LogP contribution is 2.49. The molecule has 0 bridgehead atoms. The van der Waals surface area contributed by atoms with Gasteiger partial charge in [0.2, 0.25) is 0 Å². The summed E-state index contributed by atoms with van der Waals surface area (Å²) in [4.78, 5) is -1.99. The molecule has 1 heterocycles. The Labute approximate surface area is 178 Å². The zero-order valence-electron chi connectivity index (χ0n) is 15.9. The van der Waals surface area contributed by atoms with Crippen LogP contribution in [-0.4, -0.2) is 84.9 Å². The molecule has 2 rings (SSSR count). The number of ether oxygens (including phenoxy) is 3. The molecule has 1 aliphatic rings. The van der Waals surface area contributed by atoms with Crippen LogP contribution < -0.4 is 9.47 Å². The predicted octanol–water partition coefficient (Wildman–Crippen LogP) is -1.39. The Morgan fingerprint density at radius 3 is 2.43 bits per heavy atom. The average molecular weight is 469 g/mol. The van der Waals surface area contributed by atoms with Crippen molar-refractivity contribution in [2.24, 2.45) is 5.16 Å². The summed E-state index contributed by atoms with van der Waals surface area (Å²) in [5.74, 6) is 0.279. The van der Waals surface area contributed by atoms with E-state index in [0.29, 0.717) is 5.56 Å². The minimum atomic E-state index is -4.79. The Bertz CT molecular complexity index is 876. The molecule has 0 aromatic heterocycles. The Hall–Kier alpha value is -1.65. The molecule has 0 aliphatic carbocycles. The molecular weight excluding hydrogens is 446 g/mol. The van der Waals surface area contributed by atoms with Gasteiger partial charge in [0.05, 0.1) is 20.8 Å². The van der Waals surface area contributed by atoms with Crippen molar-refractivity contribution in [3.8, 4) is 11.5 Å². The maximum atomic E-state index is 10.7. The third-order valence-electron chi connectivity index (χ3n) is 4.48. The average Bonchev–Trinajstić information content (AvgIpc) is 2.70. The van der Waals surface area contributed by atoms with Crippen molar-refractivity contribution in [1.82, 2.24) is 0 Å². The van der Waals surface area contributed by atoms with E-state index in [1.54, 1.807) is 0 Å². The maximum absolute atomic E-state index is 10.7. The van der Waals surface area contributed by atoms with Crippen molar-refractivity contribution >= 4 is 29.2 Å². The fraction of sp³-hybridized carbons (Fsp3) is 0.562. The van der Waals surface area contributed by atoms with Gasteiger partial charge in [0, 0.05) is 18.2 Å². The van der Waals surface area contributed by atoms with Crippen LogP contribution in [0.25, 0.3) is 0 Å². The van der Waals surface area contributed by atoms with E-state index in [4.69, 9.17) is 18.8 Å². The van der Waals surface area contributed by atoms with Gasteiger partial charge in [-0.3, -0.25) is 4.55 Å². The molecule has 0 radical (unpaired) electrons. The van der Waals surface area contributed by atoms with E-state index in [1.807, 2.05) is 0 Å². The smallest absolute Gasteiger partial charge is 0.466 e. The number of benzene rings is 1. The van der Waals surface area contributed by atoms with Crippen molar-refractivity contribution in [3.63, 3.8) is 0 Å². The van der Waals surface area contributed by atoms with Crippen LogP contribution >= 0.6 is 12.6 Å². The molecule has 170 valence electrons. The monoisotopic (exact) mass is 469 g/mol. The molecule has 5 atom stereocenters. The van der Waals surface area contributed by atoms with Gasteiger partial charge in [-0.05, 0) is 11.6 Å². The second-order valence-corrected chi connectivity index (χ2v) is 7.96. The largest absolute Gasteiger partial charge is 0.493 e. The van der Waals surface area contributed by atoms with Crippen LogP contribution in [0.3, 0.4) is 0 Å². The first-order chi connectivity index (χ1) is 14.0.